The van der Waals surface area contributed by atoms with Gasteiger partial charge in [0, 0.05) is 36.6 Å². The van der Waals surface area contributed by atoms with Gasteiger partial charge in [0.05, 0.1) is 11.0 Å². The van der Waals surface area contributed by atoms with Crippen molar-refractivity contribution in [2.75, 3.05) is 0 Å². The zero-order valence-electron chi connectivity index (χ0n) is 22.2. The molecule has 7 aromatic carbocycles. The van der Waals surface area contributed by atoms with E-state index in [0.29, 0.717) is 0 Å². The van der Waals surface area contributed by atoms with Gasteiger partial charge in [-0.1, -0.05) is 78.9 Å². The van der Waals surface area contributed by atoms with Crippen molar-refractivity contribution in [1.82, 2.24) is 4.57 Å². The molecule has 0 spiro atoms. The average Bonchev–Trinajstić information content (AvgIpc) is 3.67. The number of rotatable bonds is 1. The number of para-hydroxylation sites is 1. The van der Waals surface area contributed by atoms with Crippen molar-refractivity contribution in [2.45, 2.75) is 6.42 Å². The van der Waals surface area contributed by atoms with Crippen molar-refractivity contribution in [3.63, 3.8) is 0 Å². The van der Waals surface area contributed by atoms with Crippen molar-refractivity contribution in [1.29, 1.82) is 0 Å². The van der Waals surface area contributed by atoms with Crippen molar-refractivity contribution in [2.24, 2.45) is 0 Å². The highest BCUT2D eigenvalue weighted by Crippen LogP contribution is 2.47. The minimum atomic E-state index is 0.992. The van der Waals surface area contributed by atoms with Gasteiger partial charge in [0.15, 0.2) is 0 Å². The summed E-state index contributed by atoms with van der Waals surface area (Å²) >= 11 is 1.89. The maximum absolute atomic E-state index is 2.48. The summed E-state index contributed by atoms with van der Waals surface area (Å²) in [5.41, 5.74) is 9.40. The Hall–Kier alpha value is -4.92. The van der Waals surface area contributed by atoms with E-state index >= 15 is 0 Å². The first-order valence-electron chi connectivity index (χ1n) is 14.2. The van der Waals surface area contributed by atoms with Crippen LogP contribution in [0, 0.1) is 0 Å². The molecular weight excluding hydrogens is 515 g/mol. The van der Waals surface area contributed by atoms with E-state index in [1.807, 2.05) is 11.3 Å². The van der Waals surface area contributed by atoms with Crippen molar-refractivity contribution < 1.29 is 0 Å². The van der Waals surface area contributed by atoms with Gasteiger partial charge in [-0.25, -0.2) is 0 Å². The third-order valence-electron chi connectivity index (χ3n) is 9.13. The molecule has 41 heavy (non-hydrogen) atoms. The van der Waals surface area contributed by atoms with Gasteiger partial charge in [0.25, 0.3) is 0 Å². The molecular formula is C39H23NS. The van der Waals surface area contributed by atoms with Crippen LogP contribution in [0.25, 0.3) is 80.3 Å². The Morgan fingerprint density at radius 1 is 0.488 bits per heavy atom. The van der Waals surface area contributed by atoms with Crippen LogP contribution in [0.1, 0.15) is 11.1 Å². The van der Waals surface area contributed by atoms with E-state index in [2.05, 4.69) is 132 Å². The lowest BCUT2D eigenvalue weighted by Crippen LogP contribution is -1.93. The summed E-state index contributed by atoms with van der Waals surface area (Å²) in [6.07, 6.45) is 0.992. The molecule has 0 unspecified atom stereocenters. The Morgan fingerprint density at radius 3 is 2.05 bits per heavy atom. The Balaban J connectivity index is 1.28. The first kappa shape index (κ1) is 21.8. The SMILES string of the molecule is c1ccc2cc3c(cc2c1)Cc1ccc2c(c1-3)c1ccccc1n2-c1ccc2sc3cc4ccccc4cc3c2c1. The van der Waals surface area contributed by atoms with Crippen LogP contribution >= 0.6 is 11.3 Å². The molecule has 0 amide bonds. The molecule has 1 aliphatic carbocycles. The molecule has 0 fully saturated rings. The lowest BCUT2D eigenvalue weighted by molar-refractivity contribution is 1.18. The number of fused-ring (bicyclic) bond motifs is 12. The fraction of sp³-hybridized carbons (Fsp3) is 0.0256. The lowest BCUT2D eigenvalue weighted by Gasteiger charge is -2.10. The molecule has 2 heteroatoms. The molecule has 9 aromatic rings. The van der Waals surface area contributed by atoms with E-state index in [0.717, 1.165) is 6.42 Å². The van der Waals surface area contributed by atoms with Crippen LogP contribution in [0.4, 0.5) is 0 Å². The summed E-state index contributed by atoms with van der Waals surface area (Å²) in [5, 5.41) is 10.6. The van der Waals surface area contributed by atoms with Crippen molar-refractivity contribution >= 4 is 74.9 Å². The smallest absolute Gasteiger partial charge is 0.0547 e. The highest BCUT2D eigenvalue weighted by molar-refractivity contribution is 7.25. The van der Waals surface area contributed by atoms with Crippen LogP contribution in [0.5, 0.6) is 0 Å². The molecule has 0 bridgehead atoms. The third kappa shape index (κ3) is 2.95. The molecule has 1 nitrogen and oxygen atoms in total. The van der Waals surface area contributed by atoms with Gasteiger partial charge in [-0.15, -0.1) is 11.3 Å². The highest BCUT2D eigenvalue weighted by Gasteiger charge is 2.25. The highest BCUT2D eigenvalue weighted by atomic mass is 32.1. The maximum Gasteiger partial charge on any atom is 0.0547 e. The lowest BCUT2D eigenvalue weighted by atomic mass is 9.97. The predicted molar refractivity (Wildman–Crippen MR) is 177 cm³/mol. The van der Waals surface area contributed by atoms with Crippen LogP contribution in [-0.2, 0) is 6.42 Å². The van der Waals surface area contributed by atoms with Crippen molar-refractivity contribution in [3.8, 4) is 16.8 Å². The number of thiophene rings is 1. The fourth-order valence-electron chi connectivity index (χ4n) is 7.30. The summed E-state index contributed by atoms with van der Waals surface area (Å²) in [5.74, 6) is 0. The van der Waals surface area contributed by atoms with E-state index in [9.17, 15) is 0 Å². The molecule has 0 atom stereocenters. The molecule has 2 heterocycles. The number of hydrogen-bond donors (Lipinski definition) is 0. The summed E-state index contributed by atoms with van der Waals surface area (Å²) < 4.78 is 5.16. The predicted octanol–water partition coefficient (Wildman–Crippen LogP) is 11.0. The topological polar surface area (TPSA) is 4.93 Å². The van der Waals surface area contributed by atoms with Crippen molar-refractivity contribution in [3.05, 3.63) is 139 Å². The van der Waals surface area contributed by atoms with Gasteiger partial charge in [0.1, 0.15) is 0 Å². The van der Waals surface area contributed by atoms with E-state index in [-0.39, 0.29) is 0 Å². The number of aromatic nitrogens is 1. The third-order valence-corrected chi connectivity index (χ3v) is 10.3. The molecule has 190 valence electrons. The Labute approximate surface area is 240 Å². The van der Waals surface area contributed by atoms with Gasteiger partial charge in [-0.2, -0.15) is 0 Å². The zero-order chi connectivity index (χ0) is 26.7. The van der Waals surface area contributed by atoms with Gasteiger partial charge < -0.3 is 4.57 Å². The first-order valence-corrected chi connectivity index (χ1v) is 15.0. The Morgan fingerprint density at radius 2 is 1.20 bits per heavy atom. The van der Waals surface area contributed by atoms with E-state index in [1.165, 1.54) is 91.5 Å². The monoisotopic (exact) mass is 537 g/mol. The largest absolute Gasteiger partial charge is 0.309 e. The Kier molecular flexibility index (Phi) is 4.18. The molecule has 0 saturated carbocycles. The number of nitrogens with zero attached hydrogens (tertiary/aromatic N) is 1. The maximum atomic E-state index is 2.48. The van der Waals surface area contributed by atoms with E-state index in [4.69, 9.17) is 0 Å². The van der Waals surface area contributed by atoms with E-state index < -0.39 is 0 Å². The summed E-state index contributed by atoms with van der Waals surface area (Å²) in [4.78, 5) is 0. The molecule has 10 rings (SSSR count). The van der Waals surface area contributed by atoms with Gasteiger partial charge in [-0.3, -0.25) is 0 Å². The standard InChI is InChI=1S/C39H23NS/c1-2-8-24-19-31-28(17-23(24)7-1)18-27-13-15-35-39(38(27)31)30-11-5-6-12-34(30)40(35)29-14-16-36-33(22-29)32-20-25-9-3-4-10-26(25)21-37(32)41-36/h1-17,19-22H,18H2. The van der Waals surface area contributed by atoms with Crippen LogP contribution in [0.3, 0.4) is 0 Å². The molecule has 0 aliphatic heterocycles. The second-order valence-corrected chi connectivity index (χ2v) is 12.4. The van der Waals surface area contributed by atoms with Gasteiger partial charge in [-0.05, 0) is 98.8 Å². The minimum absolute atomic E-state index is 0.992. The molecule has 0 radical (unpaired) electrons. The summed E-state index contributed by atoms with van der Waals surface area (Å²) in [6, 6.07) is 47.6. The van der Waals surface area contributed by atoms with Crippen LogP contribution in [-0.4, -0.2) is 4.57 Å². The second kappa shape index (κ2) is 7.84. The molecule has 1 aliphatic rings. The van der Waals surface area contributed by atoms with Crippen LogP contribution in [0.2, 0.25) is 0 Å². The summed E-state index contributed by atoms with van der Waals surface area (Å²) in [7, 11) is 0. The quantitative estimate of drug-likeness (QED) is 0.196. The second-order valence-electron chi connectivity index (χ2n) is 11.4. The molecule has 2 aromatic heterocycles. The molecule has 0 saturated heterocycles. The number of benzene rings is 7. The Bertz CT molecular complexity index is 2560. The number of hydrogen-bond acceptors (Lipinski definition) is 1. The first-order chi connectivity index (χ1) is 20.3. The van der Waals surface area contributed by atoms with Gasteiger partial charge in [0.2, 0.25) is 0 Å². The van der Waals surface area contributed by atoms with Crippen LogP contribution in [0.15, 0.2) is 127 Å². The van der Waals surface area contributed by atoms with Gasteiger partial charge >= 0.3 is 0 Å². The fourth-order valence-corrected chi connectivity index (χ4v) is 8.41. The summed E-state index contributed by atoms with van der Waals surface area (Å²) in [6.45, 7) is 0. The normalized spacial score (nSPS) is 12.8. The minimum Gasteiger partial charge on any atom is -0.309 e. The zero-order valence-corrected chi connectivity index (χ0v) is 23.0. The van der Waals surface area contributed by atoms with Crippen LogP contribution < -0.4 is 0 Å². The average molecular weight is 538 g/mol. The molecule has 0 N–H and O–H groups in total. The van der Waals surface area contributed by atoms with E-state index in [1.54, 1.807) is 0 Å².